The van der Waals surface area contributed by atoms with E-state index in [0.717, 1.165) is 11.1 Å². The standard InChI is InChI=1S/C35H37ClF2N4O3S/c1-23-21-40-22-28(42(23)46(44,45)29-6-3-2-4-7-29)18-19-30-32(38)8-5-9-33(30)41-35(43)34(39)31(25-12-14-26(36)15-13-25)20-24-10-16-27(37)17-11-24/h2-17,23,28,31,34,40H,18-22,39H2,1H3,(H,41,43)/t23-,28+,31+,34+/m1/s1. The summed E-state index contributed by atoms with van der Waals surface area (Å²) in [5, 5.41) is 6.66. The van der Waals surface area contributed by atoms with Crippen molar-refractivity contribution in [2.24, 2.45) is 5.73 Å². The molecule has 4 atom stereocenters. The SMILES string of the molecule is C[C@@H]1CNC[C@H](CCc2c(F)cccc2NC(=O)[C@@H](N)[C@@H](Cc2ccc(F)cc2)c2ccc(Cl)cc2)N1S(=O)(=O)c1ccccc1. The van der Waals surface area contributed by atoms with Gasteiger partial charge >= 0.3 is 0 Å². The number of carbonyl (C=O) groups is 1. The number of anilines is 1. The van der Waals surface area contributed by atoms with Gasteiger partial charge < -0.3 is 16.4 Å². The molecule has 0 bridgehead atoms. The lowest BCUT2D eigenvalue weighted by Gasteiger charge is -2.40. The van der Waals surface area contributed by atoms with E-state index in [1.807, 2.05) is 6.92 Å². The number of rotatable bonds is 11. The number of nitrogens with zero attached hydrogens (tertiary/aromatic N) is 1. The van der Waals surface area contributed by atoms with Crippen molar-refractivity contribution in [1.29, 1.82) is 0 Å². The smallest absolute Gasteiger partial charge is 0.243 e. The van der Waals surface area contributed by atoms with E-state index in [4.69, 9.17) is 17.3 Å². The Morgan fingerprint density at radius 2 is 1.67 bits per heavy atom. The molecule has 5 rings (SSSR count). The van der Waals surface area contributed by atoms with E-state index in [9.17, 15) is 17.6 Å². The molecule has 1 heterocycles. The van der Waals surface area contributed by atoms with E-state index in [-0.39, 0.29) is 34.4 Å². The normalized spacial score (nSPS) is 18.5. The van der Waals surface area contributed by atoms with Gasteiger partial charge in [-0.3, -0.25) is 4.79 Å². The first kappa shape index (κ1) is 33.7. The number of nitrogens with one attached hydrogen (secondary N) is 2. The molecule has 1 amide bonds. The van der Waals surface area contributed by atoms with Crippen LogP contribution in [0.3, 0.4) is 0 Å². The number of hydrogen-bond donors (Lipinski definition) is 3. The average Bonchev–Trinajstić information content (AvgIpc) is 3.04. The van der Waals surface area contributed by atoms with Gasteiger partial charge in [0, 0.05) is 47.4 Å². The fraction of sp³-hybridized carbons (Fsp3) is 0.286. The Morgan fingerprint density at radius 3 is 2.37 bits per heavy atom. The predicted molar refractivity (Wildman–Crippen MR) is 177 cm³/mol. The Hall–Kier alpha value is -3.67. The summed E-state index contributed by atoms with van der Waals surface area (Å²) in [6.07, 6.45) is 0.843. The van der Waals surface area contributed by atoms with E-state index in [2.05, 4.69) is 10.6 Å². The Kier molecular flexibility index (Phi) is 10.9. The summed E-state index contributed by atoms with van der Waals surface area (Å²) < 4.78 is 57.7. The molecule has 4 aromatic rings. The number of sulfonamides is 1. The maximum atomic E-state index is 15.3. The van der Waals surface area contributed by atoms with E-state index in [0.29, 0.717) is 31.0 Å². The lowest BCUT2D eigenvalue weighted by Crippen LogP contribution is -2.58. The summed E-state index contributed by atoms with van der Waals surface area (Å²) in [5.41, 5.74) is 8.68. The van der Waals surface area contributed by atoms with Crippen LogP contribution in [0.1, 0.15) is 36.0 Å². The maximum Gasteiger partial charge on any atom is 0.243 e. The van der Waals surface area contributed by atoms with E-state index >= 15 is 4.39 Å². The number of hydrogen-bond acceptors (Lipinski definition) is 5. The molecule has 7 nitrogen and oxygen atoms in total. The zero-order chi connectivity index (χ0) is 32.8. The maximum absolute atomic E-state index is 15.3. The highest BCUT2D eigenvalue weighted by atomic mass is 35.5. The molecule has 4 aromatic carbocycles. The Labute approximate surface area is 273 Å². The van der Waals surface area contributed by atoms with Crippen LogP contribution in [-0.2, 0) is 27.7 Å². The van der Waals surface area contributed by atoms with Crippen LogP contribution in [0.25, 0.3) is 0 Å². The third-order valence-electron chi connectivity index (χ3n) is 8.44. The lowest BCUT2D eigenvalue weighted by molar-refractivity contribution is -0.117. The van der Waals surface area contributed by atoms with Crippen molar-refractivity contribution in [3.05, 3.63) is 130 Å². The number of piperazine rings is 1. The van der Waals surface area contributed by atoms with E-state index in [1.54, 1.807) is 72.8 Å². The monoisotopic (exact) mass is 666 g/mol. The summed E-state index contributed by atoms with van der Waals surface area (Å²) in [7, 11) is -3.80. The molecule has 0 aliphatic carbocycles. The Balaban J connectivity index is 1.36. The van der Waals surface area contributed by atoms with Crippen LogP contribution >= 0.6 is 11.6 Å². The van der Waals surface area contributed by atoms with Crippen molar-refractivity contribution in [2.45, 2.75) is 55.1 Å². The quantitative estimate of drug-likeness (QED) is 0.185. The molecule has 1 saturated heterocycles. The van der Waals surface area contributed by atoms with Crippen LogP contribution in [-0.4, -0.2) is 49.8 Å². The molecule has 0 aromatic heterocycles. The minimum absolute atomic E-state index is 0.174. The molecule has 4 N–H and O–H groups in total. The van der Waals surface area contributed by atoms with Crippen molar-refractivity contribution in [3.8, 4) is 0 Å². The molecule has 0 unspecified atom stereocenters. The minimum atomic E-state index is -3.80. The third kappa shape index (κ3) is 7.82. The van der Waals surface area contributed by atoms with Crippen LogP contribution in [0.15, 0.2) is 102 Å². The lowest BCUT2D eigenvalue weighted by atomic mass is 9.85. The van der Waals surface area contributed by atoms with Gasteiger partial charge in [-0.1, -0.05) is 60.1 Å². The largest absolute Gasteiger partial charge is 0.324 e. The highest BCUT2D eigenvalue weighted by Crippen LogP contribution is 2.30. The molecule has 11 heteroatoms. The van der Waals surface area contributed by atoms with Crippen LogP contribution in [0.2, 0.25) is 5.02 Å². The molecule has 0 radical (unpaired) electrons. The topological polar surface area (TPSA) is 105 Å². The number of halogens is 3. The third-order valence-corrected chi connectivity index (χ3v) is 10.8. The first-order chi connectivity index (χ1) is 22.0. The van der Waals surface area contributed by atoms with Gasteiger partial charge in [-0.2, -0.15) is 4.31 Å². The summed E-state index contributed by atoms with van der Waals surface area (Å²) >= 11 is 6.11. The number of carbonyl (C=O) groups excluding carboxylic acids is 1. The molecule has 46 heavy (non-hydrogen) atoms. The number of nitrogens with two attached hydrogens (primary N) is 1. The minimum Gasteiger partial charge on any atom is -0.324 e. The van der Waals surface area contributed by atoms with Gasteiger partial charge in [0.2, 0.25) is 15.9 Å². The summed E-state index contributed by atoms with van der Waals surface area (Å²) in [6, 6.07) is 23.9. The van der Waals surface area contributed by atoms with E-state index < -0.39 is 39.7 Å². The first-order valence-corrected chi connectivity index (χ1v) is 17.0. The van der Waals surface area contributed by atoms with Crippen molar-refractivity contribution in [1.82, 2.24) is 9.62 Å². The molecule has 0 spiro atoms. The molecular weight excluding hydrogens is 630 g/mol. The highest BCUT2D eigenvalue weighted by molar-refractivity contribution is 7.89. The van der Waals surface area contributed by atoms with Crippen molar-refractivity contribution < 1.29 is 22.0 Å². The Morgan fingerprint density at radius 1 is 0.978 bits per heavy atom. The van der Waals surface area contributed by atoms with Crippen molar-refractivity contribution in [3.63, 3.8) is 0 Å². The van der Waals surface area contributed by atoms with Crippen molar-refractivity contribution in [2.75, 3.05) is 18.4 Å². The second-order valence-electron chi connectivity index (χ2n) is 11.6. The van der Waals surface area contributed by atoms with Gasteiger partial charge in [-0.25, -0.2) is 17.2 Å². The second-order valence-corrected chi connectivity index (χ2v) is 13.9. The molecule has 0 saturated carbocycles. The summed E-state index contributed by atoms with van der Waals surface area (Å²) in [4.78, 5) is 13.9. The fourth-order valence-corrected chi connectivity index (χ4v) is 8.04. The second kappa shape index (κ2) is 14.8. The van der Waals surface area contributed by atoms with Crippen molar-refractivity contribution >= 4 is 33.2 Å². The highest BCUT2D eigenvalue weighted by Gasteiger charge is 2.38. The van der Waals surface area contributed by atoms with Gasteiger partial charge in [0.05, 0.1) is 10.9 Å². The molecule has 1 aliphatic rings. The van der Waals surface area contributed by atoms with Gasteiger partial charge in [0.25, 0.3) is 0 Å². The molecule has 242 valence electrons. The van der Waals surface area contributed by atoms with Crippen LogP contribution in [0.5, 0.6) is 0 Å². The van der Waals surface area contributed by atoms with Crippen LogP contribution < -0.4 is 16.4 Å². The first-order valence-electron chi connectivity index (χ1n) is 15.2. The number of amides is 1. The zero-order valence-electron chi connectivity index (χ0n) is 25.4. The van der Waals surface area contributed by atoms with Gasteiger partial charge in [-0.05, 0) is 85.8 Å². The predicted octanol–water partition coefficient (Wildman–Crippen LogP) is 5.89. The summed E-state index contributed by atoms with van der Waals surface area (Å²) in [6.45, 7) is 2.75. The number of benzene rings is 4. The molecule has 1 aliphatic heterocycles. The Bertz CT molecular complexity index is 1740. The fourth-order valence-electron chi connectivity index (χ4n) is 6.05. The molecule has 1 fully saturated rings. The van der Waals surface area contributed by atoms with Gasteiger partial charge in [0.1, 0.15) is 11.6 Å². The summed E-state index contributed by atoms with van der Waals surface area (Å²) in [5.74, 6) is -1.89. The molecular formula is C35H37ClF2N4O3S. The average molecular weight is 667 g/mol. The van der Waals surface area contributed by atoms with Crippen LogP contribution in [0.4, 0.5) is 14.5 Å². The zero-order valence-corrected chi connectivity index (χ0v) is 26.9. The van der Waals surface area contributed by atoms with Crippen LogP contribution in [0, 0.1) is 11.6 Å². The van der Waals surface area contributed by atoms with Gasteiger partial charge in [-0.15, -0.1) is 0 Å². The van der Waals surface area contributed by atoms with Gasteiger partial charge in [0.15, 0.2) is 0 Å². The van der Waals surface area contributed by atoms with E-state index in [1.165, 1.54) is 28.6 Å².